The zero-order chi connectivity index (χ0) is 19.3. The highest BCUT2D eigenvalue weighted by atomic mass is 35.5. The lowest BCUT2D eigenvalue weighted by Crippen LogP contribution is -2.26. The summed E-state index contributed by atoms with van der Waals surface area (Å²) in [6.07, 6.45) is 0. The Morgan fingerprint density at radius 3 is 2.31 bits per heavy atom. The first kappa shape index (κ1) is 20.3. The van der Waals surface area contributed by atoms with Crippen LogP contribution in [0, 0.1) is 12.8 Å². The molecule has 0 aromatic heterocycles. The van der Waals surface area contributed by atoms with E-state index in [1.807, 2.05) is 20.8 Å². The average molecular weight is 394 g/mol. The number of halogens is 2. The minimum Gasteiger partial charge on any atom is -0.455 e. The maximum Gasteiger partial charge on any atom is 0.314 e. The molecule has 2 rings (SSSR count). The Morgan fingerprint density at radius 1 is 1.08 bits per heavy atom. The van der Waals surface area contributed by atoms with E-state index in [1.165, 1.54) is 0 Å². The zero-order valence-electron chi connectivity index (χ0n) is 14.9. The monoisotopic (exact) mass is 393 g/mol. The lowest BCUT2D eigenvalue weighted by molar-refractivity contribution is -0.149. The molecule has 0 spiro atoms. The van der Waals surface area contributed by atoms with Gasteiger partial charge in [0, 0.05) is 15.7 Å². The normalized spacial score (nSPS) is 11.9. The van der Waals surface area contributed by atoms with Gasteiger partial charge in [0.05, 0.1) is 5.92 Å². The summed E-state index contributed by atoms with van der Waals surface area (Å²) in [6, 6.07) is 12.2. The molecule has 2 aromatic rings. The van der Waals surface area contributed by atoms with E-state index >= 15 is 0 Å². The predicted molar refractivity (Wildman–Crippen MR) is 105 cm³/mol. The number of amides is 1. The van der Waals surface area contributed by atoms with Gasteiger partial charge in [0.2, 0.25) is 0 Å². The highest BCUT2D eigenvalue weighted by Gasteiger charge is 2.26. The van der Waals surface area contributed by atoms with E-state index in [4.69, 9.17) is 27.9 Å². The number of ether oxygens (including phenoxy) is 1. The van der Waals surface area contributed by atoms with Crippen molar-refractivity contribution in [3.05, 3.63) is 63.6 Å². The van der Waals surface area contributed by atoms with Gasteiger partial charge in [-0.05, 0) is 48.2 Å². The van der Waals surface area contributed by atoms with Gasteiger partial charge in [-0.15, -0.1) is 0 Å². The number of hydrogen-bond donors (Lipinski definition) is 1. The van der Waals surface area contributed by atoms with E-state index in [0.29, 0.717) is 15.7 Å². The summed E-state index contributed by atoms with van der Waals surface area (Å²) < 4.78 is 5.22. The molecule has 0 bridgehead atoms. The molecule has 138 valence electrons. The SMILES string of the molecule is Cc1ccc(NC(=O)COC(=O)[C@H](c2ccc(Cl)cc2)C(C)C)cc1Cl. The molecule has 1 atom stereocenters. The van der Waals surface area contributed by atoms with Crippen molar-refractivity contribution in [1.82, 2.24) is 0 Å². The van der Waals surface area contributed by atoms with Crippen LogP contribution in [-0.4, -0.2) is 18.5 Å². The maximum absolute atomic E-state index is 12.5. The van der Waals surface area contributed by atoms with Crippen LogP contribution in [0.2, 0.25) is 10.0 Å². The van der Waals surface area contributed by atoms with Crippen molar-refractivity contribution in [1.29, 1.82) is 0 Å². The molecule has 0 aliphatic heterocycles. The lowest BCUT2D eigenvalue weighted by Gasteiger charge is -2.20. The van der Waals surface area contributed by atoms with Gasteiger partial charge in [0.15, 0.2) is 6.61 Å². The zero-order valence-corrected chi connectivity index (χ0v) is 16.4. The number of aryl methyl sites for hydroxylation is 1. The molecule has 1 N–H and O–H groups in total. The third-order valence-corrected chi connectivity index (χ3v) is 4.61. The predicted octanol–water partition coefficient (Wildman–Crippen LogP) is 5.22. The third kappa shape index (κ3) is 5.48. The molecule has 0 aliphatic rings. The van der Waals surface area contributed by atoms with Crippen molar-refractivity contribution in [2.24, 2.45) is 5.92 Å². The molecule has 0 saturated heterocycles. The summed E-state index contributed by atoms with van der Waals surface area (Å²) in [7, 11) is 0. The van der Waals surface area contributed by atoms with E-state index in [1.54, 1.807) is 42.5 Å². The molecule has 0 saturated carbocycles. The summed E-state index contributed by atoms with van der Waals surface area (Å²) in [6.45, 7) is 5.36. The Kier molecular flexibility index (Phi) is 7.06. The second kappa shape index (κ2) is 9.06. The molecule has 0 unspecified atom stereocenters. The van der Waals surface area contributed by atoms with Crippen LogP contribution in [-0.2, 0) is 14.3 Å². The molecule has 0 radical (unpaired) electrons. The Bertz CT molecular complexity index is 788. The summed E-state index contributed by atoms with van der Waals surface area (Å²) in [5, 5.41) is 3.82. The Hall–Kier alpha value is -2.04. The Labute approximate surface area is 163 Å². The fraction of sp³-hybridized carbons (Fsp3) is 0.300. The molecule has 2 aromatic carbocycles. The fourth-order valence-electron chi connectivity index (χ4n) is 2.56. The van der Waals surface area contributed by atoms with E-state index in [9.17, 15) is 9.59 Å². The van der Waals surface area contributed by atoms with E-state index in [-0.39, 0.29) is 12.5 Å². The minimum absolute atomic E-state index is 0.0163. The van der Waals surface area contributed by atoms with Crippen molar-refractivity contribution < 1.29 is 14.3 Å². The van der Waals surface area contributed by atoms with Crippen LogP contribution in [0.1, 0.15) is 30.9 Å². The van der Waals surface area contributed by atoms with Gasteiger partial charge in [-0.25, -0.2) is 0 Å². The van der Waals surface area contributed by atoms with Gasteiger partial charge < -0.3 is 10.1 Å². The fourth-order valence-corrected chi connectivity index (χ4v) is 2.86. The summed E-state index contributed by atoms with van der Waals surface area (Å²) in [5.74, 6) is -1.31. The van der Waals surface area contributed by atoms with Crippen LogP contribution in [0.5, 0.6) is 0 Å². The molecule has 26 heavy (non-hydrogen) atoms. The van der Waals surface area contributed by atoms with Crippen molar-refractivity contribution in [3.63, 3.8) is 0 Å². The minimum atomic E-state index is -0.464. The van der Waals surface area contributed by atoms with Gasteiger partial charge >= 0.3 is 5.97 Å². The molecule has 4 nitrogen and oxygen atoms in total. The van der Waals surface area contributed by atoms with Crippen LogP contribution in [0.15, 0.2) is 42.5 Å². The molecular weight excluding hydrogens is 373 g/mol. The molecule has 0 fully saturated rings. The standard InChI is InChI=1S/C20H21Cl2NO3/c1-12(2)19(14-5-7-15(21)8-6-14)20(25)26-11-18(24)23-16-9-4-13(3)17(22)10-16/h4-10,12,19H,11H2,1-3H3,(H,23,24)/t19-/m0/s1. The smallest absolute Gasteiger partial charge is 0.314 e. The molecular formula is C20H21Cl2NO3. The number of rotatable bonds is 6. The quantitative estimate of drug-likeness (QED) is 0.684. The van der Waals surface area contributed by atoms with Crippen LogP contribution in [0.3, 0.4) is 0 Å². The number of esters is 1. The summed E-state index contributed by atoms with van der Waals surface area (Å²) >= 11 is 11.9. The Balaban J connectivity index is 1.97. The molecule has 0 aliphatic carbocycles. The van der Waals surface area contributed by atoms with Crippen molar-refractivity contribution in [3.8, 4) is 0 Å². The van der Waals surface area contributed by atoms with Gasteiger partial charge in [-0.2, -0.15) is 0 Å². The molecule has 0 heterocycles. The first-order valence-corrected chi connectivity index (χ1v) is 9.01. The number of benzene rings is 2. The largest absolute Gasteiger partial charge is 0.455 e. The van der Waals surface area contributed by atoms with E-state index < -0.39 is 17.8 Å². The summed E-state index contributed by atoms with van der Waals surface area (Å²) in [5.41, 5.74) is 2.28. The summed E-state index contributed by atoms with van der Waals surface area (Å²) in [4.78, 5) is 24.5. The number of hydrogen-bond acceptors (Lipinski definition) is 3. The lowest BCUT2D eigenvalue weighted by atomic mass is 9.88. The molecule has 6 heteroatoms. The number of nitrogens with one attached hydrogen (secondary N) is 1. The first-order chi connectivity index (χ1) is 12.3. The van der Waals surface area contributed by atoms with Crippen LogP contribution in [0.4, 0.5) is 5.69 Å². The van der Waals surface area contributed by atoms with Gasteiger partial charge in [-0.3, -0.25) is 9.59 Å². The van der Waals surface area contributed by atoms with Crippen molar-refractivity contribution >= 4 is 40.8 Å². The van der Waals surface area contributed by atoms with E-state index in [2.05, 4.69) is 5.32 Å². The first-order valence-electron chi connectivity index (χ1n) is 8.26. The van der Waals surface area contributed by atoms with Gasteiger partial charge in [0.1, 0.15) is 0 Å². The van der Waals surface area contributed by atoms with Crippen molar-refractivity contribution in [2.45, 2.75) is 26.7 Å². The second-order valence-electron chi connectivity index (χ2n) is 6.39. The van der Waals surface area contributed by atoms with E-state index in [0.717, 1.165) is 11.1 Å². The average Bonchev–Trinajstić information content (AvgIpc) is 2.58. The van der Waals surface area contributed by atoms with Crippen LogP contribution >= 0.6 is 23.2 Å². The third-order valence-electron chi connectivity index (χ3n) is 3.95. The van der Waals surface area contributed by atoms with Gasteiger partial charge in [-0.1, -0.05) is 55.2 Å². The van der Waals surface area contributed by atoms with Crippen LogP contribution in [0.25, 0.3) is 0 Å². The van der Waals surface area contributed by atoms with Gasteiger partial charge in [0.25, 0.3) is 5.91 Å². The number of carbonyl (C=O) groups is 2. The number of carbonyl (C=O) groups excluding carboxylic acids is 2. The topological polar surface area (TPSA) is 55.4 Å². The second-order valence-corrected chi connectivity index (χ2v) is 7.24. The highest BCUT2D eigenvalue weighted by Crippen LogP contribution is 2.27. The van der Waals surface area contributed by atoms with Crippen LogP contribution < -0.4 is 5.32 Å². The highest BCUT2D eigenvalue weighted by molar-refractivity contribution is 6.31. The number of anilines is 1. The maximum atomic E-state index is 12.5. The van der Waals surface area contributed by atoms with Crippen molar-refractivity contribution in [2.75, 3.05) is 11.9 Å². The Morgan fingerprint density at radius 2 is 1.73 bits per heavy atom. The molecule has 1 amide bonds.